The molecule has 0 spiro atoms. The molecule has 1 aromatic rings. The van der Waals surface area contributed by atoms with Gasteiger partial charge in [-0.1, -0.05) is 6.07 Å². The van der Waals surface area contributed by atoms with Crippen LogP contribution in [-0.2, 0) is 0 Å². The molecular weight excluding hydrogens is 192 g/mol. The normalized spacial score (nSPS) is 14.7. The number of benzene rings is 1. The molecule has 0 saturated heterocycles. The van der Waals surface area contributed by atoms with Gasteiger partial charge in [-0.05, 0) is 44.0 Å². The summed E-state index contributed by atoms with van der Waals surface area (Å²) in [5, 5.41) is 18.9. The minimum atomic E-state index is -0.834. The molecule has 0 aromatic heterocycles. The Hall–Kier alpha value is -1.06. The van der Waals surface area contributed by atoms with Crippen LogP contribution in [0.2, 0.25) is 0 Å². The molecule has 0 aliphatic heterocycles. The van der Waals surface area contributed by atoms with Crippen molar-refractivity contribution in [2.24, 2.45) is 0 Å². The lowest BCUT2D eigenvalue weighted by Gasteiger charge is -2.15. The van der Waals surface area contributed by atoms with Crippen molar-refractivity contribution < 1.29 is 14.9 Å². The Morgan fingerprint density at radius 1 is 1.33 bits per heavy atom. The predicted molar refractivity (Wildman–Crippen MR) is 59.0 cm³/mol. The monoisotopic (exact) mass is 210 g/mol. The van der Waals surface area contributed by atoms with Crippen LogP contribution in [0.1, 0.15) is 31.1 Å². The molecule has 0 amide bonds. The Balaban J connectivity index is 2.90. The number of aliphatic hydroxyl groups is 2. The summed E-state index contributed by atoms with van der Waals surface area (Å²) in [6.07, 6.45) is -1.60. The molecular formula is C12H18O3. The van der Waals surface area contributed by atoms with Crippen molar-refractivity contribution in [1.82, 2.24) is 0 Å². The summed E-state index contributed by atoms with van der Waals surface area (Å²) >= 11 is 0. The van der Waals surface area contributed by atoms with E-state index in [4.69, 9.17) is 4.74 Å². The number of rotatable bonds is 4. The number of aryl methyl sites for hydroxylation is 1. The summed E-state index contributed by atoms with van der Waals surface area (Å²) in [5.74, 6) is 0.819. The van der Waals surface area contributed by atoms with E-state index in [1.54, 1.807) is 13.0 Å². The quantitative estimate of drug-likeness (QED) is 0.796. The standard InChI is InChI=1S/C12H18O3/c1-4-15-11-6-5-10(7-8(11)2)12(14)9(3)13/h5-7,9,12-14H,4H2,1-3H3. The van der Waals surface area contributed by atoms with Gasteiger partial charge in [0.2, 0.25) is 0 Å². The summed E-state index contributed by atoms with van der Waals surface area (Å²) in [5.41, 5.74) is 1.68. The Labute approximate surface area is 90.3 Å². The molecule has 0 bridgehead atoms. The third-order valence-corrected chi connectivity index (χ3v) is 2.30. The van der Waals surface area contributed by atoms with Gasteiger partial charge in [-0.25, -0.2) is 0 Å². The average molecular weight is 210 g/mol. The topological polar surface area (TPSA) is 49.7 Å². The maximum Gasteiger partial charge on any atom is 0.122 e. The van der Waals surface area contributed by atoms with E-state index in [1.165, 1.54) is 0 Å². The first-order valence-corrected chi connectivity index (χ1v) is 5.15. The molecule has 2 unspecified atom stereocenters. The van der Waals surface area contributed by atoms with Crippen LogP contribution < -0.4 is 4.74 Å². The molecule has 3 nitrogen and oxygen atoms in total. The van der Waals surface area contributed by atoms with Crippen molar-refractivity contribution in [1.29, 1.82) is 0 Å². The molecule has 1 aromatic carbocycles. The van der Waals surface area contributed by atoms with Crippen LogP contribution in [0.4, 0.5) is 0 Å². The molecule has 84 valence electrons. The fraction of sp³-hybridized carbons (Fsp3) is 0.500. The van der Waals surface area contributed by atoms with Gasteiger partial charge in [-0.15, -0.1) is 0 Å². The van der Waals surface area contributed by atoms with Crippen LogP contribution in [0.5, 0.6) is 5.75 Å². The zero-order valence-corrected chi connectivity index (χ0v) is 9.40. The minimum Gasteiger partial charge on any atom is -0.494 e. The highest BCUT2D eigenvalue weighted by Gasteiger charge is 2.14. The molecule has 2 N–H and O–H groups in total. The lowest BCUT2D eigenvalue weighted by molar-refractivity contribution is 0.0305. The summed E-state index contributed by atoms with van der Waals surface area (Å²) in [6.45, 7) is 6.04. The van der Waals surface area contributed by atoms with Crippen molar-refractivity contribution in [3.05, 3.63) is 29.3 Å². The molecule has 15 heavy (non-hydrogen) atoms. The Morgan fingerprint density at radius 2 is 2.00 bits per heavy atom. The molecule has 0 fully saturated rings. The largest absolute Gasteiger partial charge is 0.494 e. The highest BCUT2D eigenvalue weighted by molar-refractivity contribution is 5.37. The van der Waals surface area contributed by atoms with E-state index < -0.39 is 12.2 Å². The fourth-order valence-electron chi connectivity index (χ4n) is 1.45. The van der Waals surface area contributed by atoms with E-state index >= 15 is 0 Å². The number of aliphatic hydroxyl groups excluding tert-OH is 2. The Morgan fingerprint density at radius 3 is 2.47 bits per heavy atom. The number of hydrogen-bond acceptors (Lipinski definition) is 3. The van der Waals surface area contributed by atoms with Gasteiger partial charge in [0.15, 0.2) is 0 Å². The van der Waals surface area contributed by atoms with E-state index in [-0.39, 0.29) is 0 Å². The number of hydrogen-bond donors (Lipinski definition) is 2. The van der Waals surface area contributed by atoms with E-state index in [0.717, 1.165) is 11.3 Å². The van der Waals surface area contributed by atoms with Crippen LogP contribution in [0.25, 0.3) is 0 Å². The van der Waals surface area contributed by atoms with Crippen molar-refractivity contribution in [2.45, 2.75) is 33.0 Å². The summed E-state index contributed by atoms with van der Waals surface area (Å²) < 4.78 is 5.39. The second-order valence-corrected chi connectivity index (χ2v) is 3.64. The van der Waals surface area contributed by atoms with Crippen LogP contribution in [0, 0.1) is 6.92 Å². The molecule has 2 atom stereocenters. The Kier molecular flexibility index (Phi) is 4.12. The van der Waals surface area contributed by atoms with Gasteiger partial charge in [0.05, 0.1) is 12.7 Å². The maximum absolute atomic E-state index is 9.65. The maximum atomic E-state index is 9.65. The first-order chi connectivity index (χ1) is 7.06. The second-order valence-electron chi connectivity index (χ2n) is 3.64. The third-order valence-electron chi connectivity index (χ3n) is 2.30. The van der Waals surface area contributed by atoms with Gasteiger partial charge < -0.3 is 14.9 Å². The molecule has 0 saturated carbocycles. The zero-order chi connectivity index (χ0) is 11.4. The Bertz CT molecular complexity index is 321. The molecule has 0 aliphatic rings. The molecule has 0 heterocycles. The molecule has 0 radical (unpaired) electrons. The van der Waals surface area contributed by atoms with Gasteiger partial charge in [0, 0.05) is 0 Å². The van der Waals surface area contributed by atoms with Gasteiger partial charge in [0.1, 0.15) is 11.9 Å². The lowest BCUT2D eigenvalue weighted by Crippen LogP contribution is -2.13. The van der Waals surface area contributed by atoms with E-state index in [1.807, 2.05) is 26.0 Å². The first kappa shape index (κ1) is 12.0. The van der Waals surface area contributed by atoms with Crippen LogP contribution in [0.3, 0.4) is 0 Å². The highest BCUT2D eigenvalue weighted by atomic mass is 16.5. The first-order valence-electron chi connectivity index (χ1n) is 5.15. The molecule has 1 rings (SSSR count). The van der Waals surface area contributed by atoms with Crippen LogP contribution in [0.15, 0.2) is 18.2 Å². The third kappa shape index (κ3) is 2.94. The van der Waals surface area contributed by atoms with Crippen LogP contribution in [-0.4, -0.2) is 22.9 Å². The second kappa shape index (κ2) is 5.14. The van der Waals surface area contributed by atoms with Crippen molar-refractivity contribution in [3.63, 3.8) is 0 Å². The molecule has 3 heteroatoms. The molecule has 0 aliphatic carbocycles. The zero-order valence-electron chi connectivity index (χ0n) is 9.40. The lowest BCUT2D eigenvalue weighted by atomic mass is 10.0. The smallest absolute Gasteiger partial charge is 0.122 e. The SMILES string of the molecule is CCOc1ccc(C(O)C(C)O)cc1C. The fourth-order valence-corrected chi connectivity index (χ4v) is 1.45. The number of ether oxygens (including phenoxy) is 1. The van der Waals surface area contributed by atoms with Gasteiger partial charge in [0.25, 0.3) is 0 Å². The average Bonchev–Trinajstić information content (AvgIpc) is 2.20. The summed E-state index contributed by atoms with van der Waals surface area (Å²) in [7, 11) is 0. The van der Waals surface area contributed by atoms with Crippen molar-refractivity contribution >= 4 is 0 Å². The van der Waals surface area contributed by atoms with E-state index in [2.05, 4.69) is 0 Å². The summed E-state index contributed by atoms with van der Waals surface area (Å²) in [6, 6.07) is 5.43. The minimum absolute atomic E-state index is 0.624. The van der Waals surface area contributed by atoms with E-state index in [0.29, 0.717) is 12.2 Å². The predicted octanol–water partition coefficient (Wildman–Crippen LogP) is 1.81. The van der Waals surface area contributed by atoms with Gasteiger partial charge in [-0.3, -0.25) is 0 Å². The van der Waals surface area contributed by atoms with Crippen molar-refractivity contribution in [3.8, 4) is 5.75 Å². The summed E-state index contributed by atoms with van der Waals surface area (Å²) in [4.78, 5) is 0. The van der Waals surface area contributed by atoms with Gasteiger partial charge in [-0.2, -0.15) is 0 Å². The highest BCUT2D eigenvalue weighted by Crippen LogP contribution is 2.24. The van der Waals surface area contributed by atoms with Crippen molar-refractivity contribution in [2.75, 3.05) is 6.61 Å². The van der Waals surface area contributed by atoms with E-state index in [9.17, 15) is 10.2 Å². The van der Waals surface area contributed by atoms with Gasteiger partial charge >= 0.3 is 0 Å². The van der Waals surface area contributed by atoms with Crippen LogP contribution >= 0.6 is 0 Å².